The Morgan fingerprint density at radius 1 is 1.33 bits per heavy atom. The first-order valence-corrected chi connectivity index (χ1v) is 8.27. The van der Waals surface area contributed by atoms with Crippen LogP contribution in [0.25, 0.3) is 5.69 Å². The van der Waals surface area contributed by atoms with Crippen molar-refractivity contribution < 1.29 is 9.53 Å². The molecule has 4 nitrogen and oxygen atoms in total. The Kier molecular flexibility index (Phi) is 5.11. The van der Waals surface area contributed by atoms with E-state index in [1.54, 1.807) is 6.20 Å². The van der Waals surface area contributed by atoms with Crippen molar-refractivity contribution in [1.29, 1.82) is 0 Å². The average Bonchev–Trinajstić information content (AvgIpc) is 2.83. The number of aromatic nitrogens is 2. The number of hydrogen-bond donors (Lipinski definition) is 0. The zero-order valence-corrected chi connectivity index (χ0v) is 14.6. The molecule has 0 saturated heterocycles. The molecule has 1 aromatic heterocycles. The third kappa shape index (κ3) is 4.89. The van der Waals surface area contributed by atoms with Crippen molar-refractivity contribution in [3.05, 3.63) is 41.1 Å². The molecule has 0 saturated carbocycles. The van der Waals surface area contributed by atoms with Gasteiger partial charge in [0.1, 0.15) is 5.60 Å². The van der Waals surface area contributed by atoms with Gasteiger partial charge in [-0.15, -0.1) is 0 Å². The lowest BCUT2D eigenvalue weighted by Gasteiger charge is -2.19. The number of carbonyl (C=O) groups is 1. The first kappa shape index (κ1) is 16.1. The van der Waals surface area contributed by atoms with Crippen molar-refractivity contribution in [3.8, 4) is 5.69 Å². The van der Waals surface area contributed by atoms with Gasteiger partial charge in [-0.1, -0.05) is 27.7 Å². The number of imidazole rings is 1. The molecule has 1 heterocycles. The van der Waals surface area contributed by atoms with E-state index >= 15 is 0 Å². The van der Waals surface area contributed by atoms with Crippen molar-refractivity contribution in [2.24, 2.45) is 0 Å². The zero-order chi connectivity index (χ0) is 15.5. The Bertz CT molecular complexity index is 617. The molecule has 0 fully saturated rings. The number of rotatable bonds is 4. The van der Waals surface area contributed by atoms with Gasteiger partial charge in [0.25, 0.3) is 0 Å². The Hall–Kier alpha value is -1.27. The SMILES string of the molecule is CC(C)(C)OC(=O)CSc1nccn1-c1ccc(Br)cc1. The maximum atomic E-state index is 11.8. The van der Waals surface area contributed by atoms with Gasteiger partial charge in [0.05, 0.1) is 5.75 Å². The molecule has 0 atom stereocenters. The molecule has 2 aromatic rings. The summed E-state index contributed by atoms with van der Waals surface area (Å²) >= 11 is 4.78. The number of thioether (sulfide) groups is 1. The van der Waals surface area contributed by atoms with Crippen molar-refractivity contribution in [2.45, 2.75) is 31.5 Å². The summed E-state index contributed by atoms with van der Waals surface area (Å²) in [6.45, 7) is 5.58. The number of nitrogens with zero attached hydrogens (tertiary/aromatic N) is 2. The van der Waals surface area contributed by atoms with E-state index < -0.39 is 5.60 Å². The first-order chi connectivity index (χ1) is 9.85. The number of hydrogen-bond acceptors (Lipinski definition) is 4. The molecule has 0 unspecified atom stereocenters. The van der Waals surface area contributed by atoms with E-state index in [1.807, 2.05) is 55.8 Å². The van der Waals surface area contributed by atoms with Crippen molar-refractivity contribution in [1.82, 2.24) is 9.55 Å². The molecule has 112 valence electrons. The number of carbonyl (C=O) groups excluding carboxylic acids is 1. The van der Waals surface area contributed by atoms with Crippen LogP contribution in [0.5, 0.6) is 0 Å². The van der Waals surface area contributed by atoms with Crippen LogP contribution in [0.2, 0.25) is 0 Å². The van der Waals surface area contributed by atoms with E-state index in [0.29, 0.717) is 0 Å². The fraction of sp³-hybridized carbons (Fsp3) is 0.333. The van der Waals surface area contributed by atoms with E-state index in [9.17, 15) is 4.79 Å². The van der Waals surface area contributed by atoms with Crippen molar-refractivity contribution >= 4 is 33.7 Å². The van der Waals surface area contributed by atoms with E-state index in [1.165, 1.54) is 11.8 Å². The lowest BCUT2D eigenvalue weighted by molar-refractivity contribution is -0.151. The first-order valence-electron chi connectivity index (χ1n) is 6.49. The lowest BCUT2D eigenvalue weighted by Crippen LogP contribution is -2.25. The Morgan fingerprint density at radius 2 is 2.00 bits per heavy atom. The molecule has 0 N–H and O–H groups in total. The molecule has 21 heavy (non-hydrogen) atoms. The molecule has 0 bridgehead atoms. The summed E-state index contributed by atoms with van der Waals surface area (Å²) in [4.78, 5) is 16.0. The number of benzene rings is 1. The highest BCUT2D eigenvalue weighted by molar-refractivity contribution is 9.10. The van der Waals surface area contributed by atoms with Crippen molar-refractivity contribution in [3.63, 3.8) is 0 Å². The van der Waals surface area contributed by atoms with Crippen LogP contribution >= 0.6 is 27.7 Å². The van der Waals surface area contributed by atoms with Crippen LogP contribution in [0.4, 0.5) is 0 Å². The van der Waals surface area contributed by atoms with Crippen molar-refractivity contribution in [2.75, 3.05) is 5.75 Å². The third-order valence-corrected chi connectivity index (χ3v) is 3.92. The van der Waals surface area contributed by atoms with E-state index in [0.717, 1.165) is 15.3 Å². The van der Waals surface area contributed by atoms with Crippen LogP contribution in [0.1, 0.15) is 20.8 Å². The van der Waals surface area contributed by atoms with Crippen LogP contribution in [0.3, 0.4) is 0 Å². The van der Waals surface area contributed by atoms with E-state index in [-0.39, 0.29) is 11.7 Å². The quantitative estimate of drug-likeness (QED) is 0.602. The second kappa shape index (κ2) is 6.66. The summed E-state index contributed by atoms with van der Waals surface area (Å²) in [6.07, 6.45) is 3.60. The minimum Gasteiger partial charge on any atom is -0.459 e. The predicted molar refractivity (Wildman–Crippen MR) is 87.8 cm³/mol. The van der Waals surface area contributed by atoms with E-state index in [2.05, 4.69) is 20.9 Å². The third-order valence-electron chi connectivity index (χ3n) is 2.45. The van der Waals surface area contributed by atoms with Gasteiger partial charge in [0.2, 0.25) is 0 Å². The monoisotopic (exact) mass is 368 g/mol. The minimum absolute atomic E-state index is 0.238. The maximum Gasteiger partial charge on any atom is 0.316 e. The largest absolute Gasteiger partial charge is 0.459 e. The fourth-order valence-corrected chi connectivity index (χ4v) is 2.70. The summed E-state index contributed by atoms with van der Waals surface area (Å²) in [5.74, 6) is 0.00279. The molecule has 0 aliphatic rings. The number of halogens is 1. The molecule has 0 aliphatic carbocycles. The molecule has 1 aromatic carbocycles. The Labute approximate surface area is 137 Å². The Morgan fingerprint density at radius 3 is 2.62 bits per heavy atom. The topological polar surface area (TPSA) is 44.1 Å². The van der Waals surface area contributed by atoms with Gasteiger partial charge in [-0.05, 0) is 45.0 Å². The molecule has 6 heteroatoms. The summed E-state index contributed by atoms with van der Waals surface area (Å²) in [5, 5.41) is 0.767. The van der Waals surface area contributed by atoms with Gasteiger partial charge in [-0.2, -0.15) is 0 Å². The zero-order valence-electron chi connectivity index (χ0n) is 12.2. The molecular weight excluding hydrogens is 352 g/mol. The molecule has 0 amide bonds. The van der Waals surface area contributed by atoms with Crippen LogP contribution in [-0.4, -0.2) is 26.9 Å². The fourth-order valence-electron chi connectivity index (χ4n) is 1.69. The molecule has 0 spiro atoms. The molecule has 0 radical (unpaired) electrons. The second-order valence-corrected chi connectivity index (χ2v) is 7.29. The summed E-state index contributed by atoms with van der Waals surface area (Å²) in [5.41, 5.74) is 0.543. The minimum atomic E-state index is -0.460. The second-order valence-electron chi connectivity index (χ2n) is 5.43. The molecular formula is C15H17BrN2O2S. The van der Waals surface area contributed by atoms with Crippen LogP contribution < -0.4 is 0 Å². The summed E-state index contributed by atoms with van der Waals surface area (Å²) < 4.78 is 8.26. The molecule has 2 rings (SSSR count). The highest BCUT2D eigenvalue weighted by Crippen LogP contribution is 2.22. The molecule has 0 aliphatic heterocycles. The number of ether oxygens (including phenoxy) is 1. The van der Waals surface area contributed by atoms with Gasteiger partial charge in [-0.25, -0.2) is 4.98 Å². The highest BCUT2D eigenvalue weighted by atomic mass is 79.9. The van der Waals surface area contributed by atoms with Gasteiger partial charge in [-0.3, -0.25) is 9.36 Å². The smallest absolute Gasteiger partial charge is 0.316 e. The van der Waals surface area contributed by atoms with E-state index in [4.69, 9.17) is 4.74 Å². The van der Waals surface area contributed by atoms with Crippen LogP contribution in [0, 0.1) is 0 Å². The lowest BCUT2D eigenvalue weighted by atomic mass is 10.2. The number of esters is 1. The van der Waals surface area contributed by atoms with Gasteiger partial charge >= 0.3 is 5.97 Å². The van der Waals surface area contributed by atoms with Gasteiger partial charge < -0.3 is 4.74 Å². The van der Waals surface area contributed by atoms with Gasteiger partial charge in [0, 0.05) is 22.6 Å². The highest BCUT2D eigenvalue weighted by Gasteiger charge is 2.17. The Balaban J connectivity index is 2.04. The van der Waals surface area contributed by atoms with Crippen LogP contribution in [0.15, 0.2) is 46.3 Å². The van der Waals surface area contributed by atoms with Gasteiger partial charge in [0.15, 0.2) is 5.16 Å². The standard InChI is InChI=1S/C15H17BrN2O2S/c1-15(2,3)20-13(19)10-21-14-17-8-9-18(14)12-6-4-11(16)5-7-12/h4-9H,10H2,1-3H3. The normalized spacial score (nSPS) is 11.4. The average molecular weight is 369 g/mol. The summed E-state index contributed by atoms with van der Waals surface area (Å²) in [6, 6.07) is 7.92. The van der Waals surface area contributed by atoms with Crippen LogP contribution in [-0.2, 0) is 9.53 Å². The maximum absolute atomic E-state index is 11.8. The summed E-state index contributed by atoms with van der Waals surface area (Å²) in [7, 11) is 0. The predicted octanol–water partition coefficient (Wildman–Crippen LogP) is 4.07.